The summed E-state index contributed by atoms with van der Waals surface area (Å²) in [5.41, 5.74) is 12.7. The molecule has 0 saturated heterocycles. The molecule has 0 unspecified atom stereocenters. The van der Waals surface area contributed by atoms with Crippen LogP contribution in [0.5, 0.6) is 0 Å². The van der Waals surface area contributed by atoms with Crippen molar-refractivity contribution in [3.63, 3.8) is 0 Å². The maximum atomic E-state index is 4.89. The average Bonchev–Trinajstić information content (AvgIpc) is 1.55. The van der Waals surface area contributed by atoms with E-state index in [0.717, 1.165) is 53.2 Å². The maximum Gasteiger partial charge on any atom is 0.204 e. The molecule has 1 aromatic carbocycles. The molecule has 9 fully saturated rings. The van der Waals surface area contributed by atoms with Crippen LogP contribution in [0.2, 0.25) is 0 Å². The second kappa shape index (κ2) is 32.6. The van der Waals surface area contributed by atoms with Gasteiger partial charge in [0, 0.05) is 128 Å². The molecule has 0 N–H and O–H groups in total. The molecule has 4 aliphatic heterocycles. The Labute approximate surface area is 671 Å². The van der Waals surface area contributed by atoms with Crippen LogP contribution in [0.25, 0.3) is 0 Å². The second-order valence-electron chi connectivity index (χ2n) is 41.4. The van der Waals surface area contributed by atoms with Crippen molar-refractivity contribution in [2.45, 2.75) is 400 Å². The molecule has 8 bridgehead atoms. The molecular formula is C98H167N11+2. The van der Waals surface area contributed by atoms with Gasteiger partial charge in [0.15, 0.2) is 20.3 Å². The fraction of sp³-hybridized carbons (Fsp3) is 0.724. The third-order valence-electron chi connectivity index (χ3n) is 28.5. The summed E-state index contributed by atoms with van der Waals surface area (Å²) in [4.78, 5) is 24.6. The minimum Gasteiger partial charge on any atom is -0.363 e. The predicted molar refractivity (Wildman–Crippen MR) is 472 cm³/mol. The van der Waals surface area contributed by atoms with E-state index in [-0.39, 0.29) is 83.2 Å². The van der Waals surface area contributed by atoms with Gasteiger partial charge < -0.3 is 19.6 Å². The third-order valence-corrected chi connectivity index (χ3v) is 28.5. The summed E-state index contributed by atoms with van der Waals surface area (Å²) in [5.74, 6) is 11.5. The van der Waals surface area contributed by atoms with E-state index >= 15 is 0 Å². The van der Waals surface area contributed by atoms with Crippen molar-refractivity contribution >= 4 is 23.1 Å². The number of aryl methyl sites for hydroxylation is 3. The van der Waals surface area contributed by atoms with Gasteiger partial charge in [-0.05, 0) is 313 Å². The number of nitrogens with zero attached hydrogens (tertiary/aromatic N) is 11. The normalized spacial score (nSPS) is 29.0. The number of hydrogen-bond donors (Lipinski definition) is 0. The second-order valence-corrected chi connectivity index (χ2v) is 41.4. The Morgan fingerprint density at radius 1 is 0.394 bits per heavy atom. The van der Waals surface area contributed by atoms with Crippen molar-refractivity contribution in [1.29, 1.82) is 0 Å². The van der Waals surface area contributed by atoms with Crippen molar-refractivity contribution in [3.05, 3.63) is 137 Å². The lowest BCUT2D eigenvalue weighted by atomic mass is 9.42. The number of pyridine rings is 3. The molecule has 19 rings (SSSR count). The van der Waals surface area contributed by atoms with E-state index < -0.39 is 0 Å². The van der Waals surface area contributed by atoms with Gasteiger partial charge in [0.05, 0.1) is 23.0 Å². The van der Waals surface area contributed by atoms with Crippen LogP contribution in [0, 0.1) is 61.2 Å². The van der Waals surface area contributed by atoms with Crippen LogP contribution < -0.4 is 29.0 Å². The molecule has 6 aromatic rings. The Morgan fingerprint density at radius 2 is 0.761 bits per heavy atom. The summed E-state index contributed by atoms with van der Waals surface area (Å²) in [5, 5.41) is 0. The van der Waals surface area contributed by atoms with Crippen LogP contribution in [-0.2, 0) is 46.8 Å². The van der Waals surface area contributed by atoms with Gasteiger partial charge in [-0.2, -0.15) is 9.36 Å². The molecule has 9 aliphatic carbocycles. The third kappa shape index (κ3) is 15.9. The van der Waals surface area contributed by atoms with Gasteiger partial charge in [0.2, 0.25) is 5.69 Å². The SMILES string of the molecule is C.C.C.C.C.C.C[C@@H]1N(C(C)(C)C)c2ccccc2C12C1CC3CC(C1)CC2C3.C[C@@H]1N(C(C)(C)C)c2ncccc2C1(C)C.C[C@@H]1N(C(C)(C)C)c2ncccc2C12C1CC3CC(C1)CC2C3.C[C@@H]1N(C(C)(C)C)c2ncccc2C12CCCCC2.C[n+]1cccn1C(C)(C)C.Cc1cc(C)[n+](C)n1C(C)(C)C. The molecule has 11 heteroatoms. The van der Waals surface area contributed by atoms with Gasteiger partial charge in [-0.15, -0.1) is 9.36 Å². The Hall–Kier alpha value is -5.71. The minimum atomic E-state index is 0. The molecule has 612 valence electrons. The molecule has 9 saturated carbocycles. The lowest BCUT2D eigenvalue weighted by Gasteiger charge is -2.62. The first-order valence-electron chi connectivity index (χ1n) is 41.2. The zero-order chi connectivity index (χ0) is 75.1. The number of hydrogen-bond acceptors (Lipinski definition) is 7. The lowest BCUT2D eigenvalue weighted by Crippen LogP contribution is -2.62. The van der Waals surface area contributed by atoms with E-state index in [4.69, 9.17) is 9.97 Å². The summed E-state index contributed by atoms with van der Waals surface area (Å²) >= 11 is 0. The quantitative estimate of drug-likeness (QED) is 0.140. The first-order chi connectivity index (χ1) is 47.9. The van der Waals surface area contributed by atoms with Gasteiger partial charge >= 0.3 is 0 Å². The zero-order valence-electron chi connectivity index (χ0n) is 70.3. The first-order valence-corrected chi connectivity index (χ1v) is 41.2. The Morgan fingerprint density at radius 3 is 1.14 bits per heavy atom. The highest BCUT2D eigenvalue weighted by atomic mass is 15.4. The monoisotopic (exact) mass is 1500 g/mol. The van der Waals surface area contributed by atoms with Crippen LogP contribution in [0.15, 0.2) is 104 Å². The number of benzene rings is 1. The minimum absolute atomic E-state index is 0. The van der Waals surface area contributed by atoms with Crippen LogP contribution in [0.3, 0.4) is 0 Å². The highest BCUT2D eigenvalue weighted by Crippen LogP contribution is 2.70. The molecule has 9 heterocycles. The van der Waals surface area contributed by atoms with E-state index in [0.29, 0.717) is 40.4 Å². The topological polar surface area (TPSA) is 69.2 Å². The smallest absolute Gasteiger partial charge is 0.204 e. The number of rotatable bonds is 0. The van der Waals surface area contributed by atoms with Crippen molar-refractivity contribution in [2.75, 3.05) is 19.6 Å². The average molecular weight is 1500 g/mol. The molecule has 11 nitrogen and oxygen atoms in total. The standard InChI is InChI=1S/C22H31N.C21H30N2.C17H26N2.C14H22N2.C10H19N2.C8H15N2.6CH4/c1-14-22(17-10-15-9-16(12-17)13-18(22)11-15)19-7-5-6-8-20(19)23(14)21(2,3)4;1-13-21(16-9-14-8-15(11-16)12-17(21)10-14)18-6-5-7-22-19(18)23(13)20(2,3)4;1-13-17(10-6-5-7-11-17)14-9-8-12-18-15(14)19(13)16(2,3)4;1-10-14(5,6)11-8-7-9-15-12(11)16(10)13(2,3)4;1-8-7-9(2)12(11(8)6)10(3,4)5;1-8(2,3)10-7-5-6-9(10)4;;;;;;/h5-8,14-18H,9-13H2,1-4H3;5-7,13-17H,8-12H2,1-4H3;8-9,12-13H,5-7,10-11H2,1-4H3;7-10H,1-6H3;7H,1-6H3;5-7H,1-4H3;6*1H4/q;;;;2*+1;;;;;;/t14-,15?,16?,17?,18?,22?;13-,14?,15?,16?,17?,21?;13-;10-;;;;;;;;/m0000......../s1. The molecule has 5 aromatic heterocycles. The van der Waals surface area contributed by atoms with Gasteiger partial charge in [-0.1, -0.05) is 114 Å². The Balaban J connectivity index is 0.000000207. The van der Waals surface area contributed by atoms with Crippen LogP contribution in [-0.4, -0.2) is 70.6 Å². The summed E-state index contributed by atoms with van der Waals surface area (Å²) in [6.45, 7) is 59.9. The van der Waals surface area contributed by atoms with Crippen molar-refractivity contribution in [3.8, 4) is 0 Å². The van der Waals surface area contributed by atoms with Crippen LogP contribution in [0.1, 0.15) is 341 Å². The highest BCUT2D eigenvalue weighted by molar-refractivity contribution is 5.68. The summed E-state index contributed by atoms with van der Waals surface area (Å²) in [6.07, 6.45) is 31.8. The van der Waals surface area contributed by atoms with Crippen molar-refractivity contribution in [2.24, 2.45) is 61.4 Å². The van der Waals surface area contributed by atoms with E-state index in [1.807, 2.05) is 44.0 Å². The number of aromatic nitrogens is 7. The van der Waals surface area contributed by atoms with E-state index in [2.05, 4.69) is 297 Å². The summed E-state index contributed by atoms with van der Waals surface area (Å²) < 4.78 is 8.78. The van der Waals surface area contributed by atoms with Crippen LogP contribution >= 0.6 is 0 Å². The molecule has 0 radical (unpaired) electrons. The largest absolute Gasteiger partial charge is 0.363 e. The molecule has 109 heavy (non-hydrogen) atoms. The zero-order valence-corrected chi connectivity index (χ0v) is 70.3. The highest BCUT2D eigenvalue weighted by Gasteiger charge is 2.67. The predicted octanol–water partition coefficient (Wildman–Crippen LogP) is 24.4. The number of fused-ring (bicyclic) bond motifs is 5. The fourth-order valence-corrected chi connectivity index (χ4v) is 25.3. The first kappa shape index (κ1) is 92.2. The molecule has 0 amide bonds. The molecule has 4 atom stereocenters. The Bertz CT molecular complexity index is 3770. The Kier molecular flexibility index (Phi) is 27.6. The number of anilines is 4. The van der Waals surface area contributed by atoms with Crippen LogP contribution in [0.4, 0.5) is 23.1 Å². The van der Waals surface area contributed by atoms with E-state index in [1.54, 1.807) is 23.2 Å². The van der Waals surface area contributed by atoms with E-state index in [1.165, 1.54) is 124 Å². The van der Waals surface area contributed by atoms with Gasteiger partial charge in [-0.3, -0.25) is 0 Å². The summed E-state index contributed by atoms with van der Waals surface area (Å²) in [7, 11) is 4.15. The van der Waals surface area contributed by atoms with E-state index in [9.17, 15) is 0 Å². The fourth-order valence-electron chi connectivity index (χ4n) is 25.3. The number of para-hydroxylation sites is 1. The summed E-state index contributed by atoms with van der Waals surface area (Å²) in [6, 6.07) is 29.3. The molecule has 13 aliphatic rings. The van der Waals surface area contributed by atoms with Gasteiger partial charge in [-0.25, -0.2) is 15.0 Å². The van der Waals surface area contributed by atoms with Gasteiger partial charge in [0.1, 0.15) is 17.5 Å². The van der Waals surface area contributed by atoms with Gasteiger partial charge in [0.25, 0.3) is 0 Å². The molecular weight excluding hydrogens is 1330 g/mol. The van der Waals surface area contributed by atoms with Crippen molar-refractivity contribution < 1.29 is 9.36 Å². The lowest BCUT2D eigenvalue weighted by molar-refractivity contribution is -0.765. The molecule has 3 spiro atoms. The van der Waals surface area contributed by atoms with Crippen molar-refractivity contribution in [1.82, 2.24) is 24.3 Å². The maximum absolute atomic E-state index is 4.89.